The first-order chi connectivity index (χ1) is 15.9. The number of hydrogen-bond acceptors (Lipinski definition) is 5. The Morgan fingerprint density at radius 1 is 1.15 bits per heavy atom. The van der Waals surface area contributed by atoms with Crippen molar-refractivity contribution >= 4 is 5.91 Å². The second-order valence-electron chi connectivity index (χ2n) is 7.76. The maximum atomic E-state index is 13.5. The molecule has 0 radical (unpaired) electrons. The smallest absolute Gasteiger partial charge is 0.251 e. The molecule has 8 nitrogen and oxygen atoms in total. The van der Waals surface area contributed by atoms with Crippen molar-refractivity contribution in [3.8, 4) is 11.5 Å². The fourth-order valence-corrected chi connectivity index (χ4v) is 3.60. The van der Waals surface area contributed by atoms with E-state index in [0.29, 0.717) is 22.8 Å². The Balaban J connectivity index is 1.61. The minimum atomic E-state index is -0.527. The summed E-state index contributed by atoms with van der Waals surface area (Å²) in [5.41, 5.74) is 3.07. The zero-order valence-corrected chi connectivity index (χ0v) is 18.2. The molecule has 0 spiro atoms. The lowest BCUT2D eigenvalue weighted by atomic mass is 10.0. The van der Waals surface area contributed by atoms with Gasteiger partial charge >= 0.3 is 0 Å². The standard InChI is InChI=1S/C24H23FN6O2/c1-15-11-16(2)31(30-15)14-23(33)28-21(17-6-8-18(25)9-7-17)12-19-13-22(32)29-24(27-19)20-5-3-4-10-26-20/h3-11,13,21H,12,14H2,1-2H3,(H,28,33)(H,27,29,32)/t21-/m1/s1. The summed E-state index contributed by atoms with van der Waals surface area (Å²) in [4.78, 5) is 36.6. The molecule has 0 unspecified atom stereocenters. The molecule has 1 amide bonds. The fourth-order valence-electron chi connectivity index (χ4n) is 3.60. The normalized spacial score (nSPS) is 11.8. The zero-order valence-electron chi connectivity index (χ0n) is 18.2. The molecule has 1 atom stereocenters. The molecule has 3 aromatic heterocycles. The van der Waals surface area contributed by atoms with Gasteiger partial charge in [0.2, 0.25) is 5.91 Å². The van der Waals surface area contributed by atoms with Crippen LogP contribution in [0.2, 0.25) is 0 Å². The molecule has 0 aliphatic rings. The molecule has 9 heteroatoms. The number of aromatic amines is 1. The van der Waals surface area contributed by atoms with Gasteiger partial charge in [0.15, 0.2) is 5.82 Å². The summed E-state index contributed by atoms with van der Waals surface area (Å²) in [5, 5.41) is 7.30. The molecule has 0 aliphatic carbocycles. The van der Waals surface area contributed by atoms with E-state index in [4.69, 9.17) is 0 Å². The van der Waals surface area contributed by atoms with E-state index < -0.39 is 6.04 Å². The van der Waals surface area contributed by atoms with Gasteiger partial charge in [-0.2, -0.15) is 5.10 Å². The molecule has 168 valence electrons. The molecule has 0 fully saturated rings. The van der Waals surface area contributed by atoms with Gasteiger partial charge in [0.05, 0.1) is 17.4 Å². The first-order valence-corrected chi connectivity index (χ1v) is 10.4. The Morgan fingerprint density at radius 3 is 2.61 bits per heavy atom. The Kier molecular flexibility index (Phi) is 6.39. The minimum Gasteiger partial charge on any atom is -0.347 e. The SMILES string of the molecule is Cc1cc(C)n(CC(=O)N[C@H](Cc2cc(=O)[nH]c(-c3ccccn3)n2)c2ccc(F)cc2)n1. The molecule has 1 aromatic carbocycles. The Bertz CT molecular complexity index is 1320. The lowest BCUT2D eigenvalue weighted by molar-refractivity contribution is -0.122. The van der Waals surface area contributed by atoms with Crippen LogP contribution in [-0.4, -0.2) is 30.6 Å². The number of aromatic nitrogens is 5. The van der Waals surface area contributed by atoms with Crippen molar-refractivity contribution in [2.75, 3.05) is 0 Å². The largest absolute Gasteiger partial charge is 0.347 e. The second kappa shape index (κ2) is 9.56. The summed E-state index contributed by atoms with van der Waals surface area (Å²) in [7, 11) is 0. The second-order valence-corrected chi connectivity index (χ2v) is 7.76. The van der Waals surface area contributed by atoms with Gasteiger partial charge in [0.1, 0.15) is 18.1 Å². The summed E-state index contributed by atoms with van der Waals surface area (Å²) in [6.07, 6.45) is 1.85. The van der Waals surface area contributed by atoms with E-state index in [1.165, 1.54) is 18.2 Å². The quantitative estimate of drug-likeness (QED) is 0.454. The van der Waals surface area contributed by atoms with Gasteiger partial charge in [-0.3, -0.25) is 19.3 Å². The van der Waals surface area contributed by atoms with Crippen molar-refractivity contribution in [3.05, 3.63) is 99.6 Å². The first kappa shape index (κ1) is 22.1. The van der Waals surface area contributed by atoms with Crippen molar-refractivity contribution in [3.63, 3.8) is 0 Å². The van der Waals surface area contributed by atoms with Crippen molar-refractivity contribution in [1.29, 1.82) is 0 Å². The lowest BCUT2D eigenvalue weighted by Crippen LogP contribution is -2.33. The molecule has 0 aliphatic heterocycles. The predicted molar refractivity (Wildman–Crippen MR) is 121 cm³/mol. The topological polar surface area (TPSA) is 106 Å². The number of H-pyrrole nitrogens is 1. The average Bonchev–Trinajstić information content (AvgIpc) is 3.10. The van der Waals surface area contributed by atoms with E-state index in [-0.39, 0.29) is 30.2 Å². The molecular weight excluding hydrogens is 423 g/mol. The number of aryl methyl sites for hydroxylation is 2. The van der Waals surface area contributed by atoms with Crippen molar-refractivity contribution in [2.45, 2.75) is 32.9 Å². The predicted octanol–water partition coefficient (Wildman–Crippen LogP) is 2.88. The highest BCUT2D eigenvalue weighted by Crippen LogP contribution is 2.19. The number of rotatable bonds is 7. The highest BCUT2D eigenvalue weighted by molar-refractivity contribution is 5.76. The first-order valence-electron chi connectivity index (χ1n) is 10.4. The van der Waals surface area contributed by atoms with Gasteiger partial charge in [0, 0.05) is 24.4 Å². The third-order valence-corrected chi connectivity index (χ3v) is 5.12. The lowest BCUT2D eigenvalue weighted by Gasteiger charge is -2.19. The Labute approximate surface area is 189 Å². The highest BCUT2D eigenvalue weighted by Gasteiger charge is 2.18. The maximum absolute atomic E-state index is 13.5. The third-order valence-electron chi connectivity index (χ3n) is 5.12. The molecular formula is C24H23FN6O2. The zero-order chi connectivity index (χ0) is 23.4. The van der Waals surface area contributed by atoms with E-state index in [0.717, 1.165) is 11.4 Å². The van der Waals surface area contributed by atoms with Crippen LogP contribution in [-0.2, 0) is 17.8 Å². The number of amides is 1. The Morgan fingerprint density at radius 2 is 1.94 bits per heavy atom. The number of carbonyl (C=O) groups is 1. The average molecular weight is 446 g/mol. The van der Waals surface area contributed by atoms with E-state index in [2.05, 4.69) is 25.4 Å². The van der Waals surface area contributed by atoms with Crippen LogP contribution in [0.4, 0.5) is 4.39 Å². The number of pyridine rings is 1. The van der Waals surface area contributed by atoms with Gasteiger partial charge in [-0.1, -0.05) is 18.2 Å². The van der Waals surface area contributed by atoms with Crippen LogP contribution in [0.15, 0.2) is 65.6 Å². The molecule has 3 heterocycles. The fraction of sp³-hybridized carbons (Fsp3) is 0.208. The molecule has 0 saturated carbocycles. The molecule has 0 bridgehead atoms. The molecule has 4 aromatic rings. The van der Waals surface area contributed by atoms with E-state index in [1.54, 1.807) is 41.2 Å². The van der Waals surface area contributed by atoms with E-state index >= 15 is 0 Å². The Hall–Kier alpha value is -4.14. The van der Waals surface area contributed by atoms with Gasteiger partial charge in [-0.05, 0) is 49.7 Å². The molecule has 2 N–H and O–H groups in total. The van der Waals surface area contributed by atoms with Gasteiger partial charge in [-0.15, -0.1) is 0 Å². The summed E-state index contributed by atoms with van der Waals surface area (Å²) in [5.74, 6) is -0.298. The van der Waals surface area contributed by atoms with E-state index in [9.17, 15) is 14.0 Å². The minimum absolute atomic E-state index is 0.0410. The van der Waals surface area contributed by atoms with Crippen LogP contribution in [0.25, 0.3) is 11.5 Å². The maximum Gasteiger partial charge on any atom is 0.251 e. The third kappa shape index (κ3) is 5.57. The summed E-state index contributed by atoms with van der Waals surface area (Å²) < 4.78 is 15.1. The van der Waals surface area contributed by atoms with Crippen molar-refractivity contribution in [1.82, 2.24) is 30.0 Å². The number of nitrogens with one attached hydrogen (secondary N) is 2. The molecule has 33 heavy (non-hydrogen) atoms. The summed E-state index contributed by atoms with van der Waals surface area (Å²) in [6.45, 7) is 3.78. The van der Waals surface area contributed by atoms with Crippen LogP contribution in [0.1, 0.15) is 28.7 Å². The molecule has 4 rings (SSSR count). The highest BCUT2D eigenvalue weighted by atomic mass is 19.1. The van der Waals surface area contributed by atoms with Crippen LogP contribution < -0.4 is 10.9 Å². The van der Waals surface area contributed by atoms with Gasteiger partial charge in [0.25, 0.3) is 5.56 Å². The van der Waals surface area contributed by atoms with Crippen molar-refractivity contribution in [2.24, 2.45) is 0 Å². The van der Waals surface area contributed by atoms with Crippen LogP contribution in [0.3, 0.4) is 0 Å². The number of carbonyl (C=O) groups excluding carboxylic acids is 1. The van der Waals surface area contributed by atoms with Gasteiger partial charge in [-0.25, -0.2) is 9.37 Å². The number of halogens is 1. The van der Waals surface area contributed by atoms with Crippen LogP contribution in [0, 0.1) is 19.7 Å². The number of nitrogens with zero attached hydrogens (tertiary/aromatic N) is 4. The molecule has 0 saturated heterocycles. The van der Waals surface area contributed by atoms with Crippen LogP contribution in [0.5, 0.6) is 0 Å². The number of hydrogen-bond donors (Lipinski definition) is 2. The van der Waals surface area contributed by atoms with Crippen molar-refractivity contribution < 1.29 is 9.18 Å². The number of benzene rings is 1. The summed E-state index contributed by atoms with van der Waals surface area (Å²) in [6, 6.07) is 14.0. The van der Waals surface area contributed by atoms with Gasteiger partial charge < -0.3 is 10.3 Å². The van der Waals surface area contributed by atoms with E-state index in [1.807, 2.05) is 19.9 Å². The van der Waals surface area contributed by atoms with Crippen LogP contribution >= 0.6 is 0 Å². The monoisotopic (exact) mass is 446 g/mol. The summed E-state index contributed by atoms with van der Waals surface area (Å²) >= 11 is 0.